The van der Waals surface area contributed by atoms with Crippen molar-refractivity contribution in [2.75, 3.05) is 7.05 Å². The number of hydrogen-bond acceptors (Lipinski definition) is 4. The maximum atomic E-state index is 12.2. The summed E-state index contributed by atoms with van der Waals surface area (Å²) in [6.45, 7) is 2.00. The number of carbonyl (C=O) groups excluding carboxylic acids is 1. The Labute approximate surface area is 149 Å². The number of nitrogens with zero attached hydrogens (tertiary/aromatic N) is 2. The molecule has 1 aromatic heterocycles. The predicted molar refractivity (Wildman–Crippen MR) is 96.6 cm³/mol. The summed E-state index contributed by atoms with van der Waals surface area (Å²) in [6.07, 6.45) is 0.865. The van der Waals surface area contributed by atoms with E-state index in [2.05, 4.69) is 6.07 Å². The maximum absolute atomic E-state index is 12.2. The Morgan fingerprint density at radius 1 is 1.38 bits per heavy atom. The molecular formula is C18H16ClN3OS. The van der Waals surface area contributed by atoms with E-state index in [0.29, 0.717) is 28.6 Å². The standard InChI is InChI=1S/C18H16ClN3OS/c1-18(8-15(21)22(2)16(23)9-18)14-7-13(17(19)24-14)12-5-3-4-11(6-12)10-20/h3-7,21H,8-9H2,1-2H3/t18-/m0/s1. The SMILES string of the molecule is CN1C(=N)C[C@](C)(c2cc(-c3cccc(C#N)c3)c(Cl)s2)CC1=O. The van der Waals surface area contributed by atoms with Crippen LogP contribution in [0, 0.1) is 16.7 Å². The first kappa shape index (κ1) is 16.7. The van der Waals surface area contributed by atoms with Gasteiger partial charge >= 0.3 is 0 Å². The molecule has 0 bridgehead atoms. The monoisotopic (exact) mass is 357 g/mol. The molecule has 0 radical (unpaired) electrons. The van der Waals surface area contributed by atoms with E-state index in [1.54, 1.807) is 13.1 Å². The lowest BCUT2D eigenvalue weighted by Gasteiger charge is -2.36. The van der Waals surface area contributed by atoms with E-state index >= 15 is 0 Å². The number of likely N-dealkylation sites (tertiary alicyclic amines) is 1. The molecule has 0 aliphatic carbocycles. The Morgan fingerprint density at radius 2 is 2.12 bits per heavy atom. The van der Waals surface area contributed by atoms with E-state index in [-0.39, 0.29) is 5.91 Å². The molecule has 0 spiro atoms. The predicted octanol–water partition coefficient (Wildman–Crippen LogP) is 4.43. The fourth-order valence-corrected chi connectivity index (χ4v) is 4.41. The number of benzene rings is 1. The van der Waals surface area contributed by atoms with Crippen molar-refractivity contribution in [3.8, 4) is 17.2 Å². The first-order valence-electron chi connectivity index (χ1n) is 7.48. The Morgan fingerprint density at radius 3 is 2.79 bits per heavy atom. The molecule has 6 heteroatoms. The molecule has 1 atom stereocenters. The lowest BCUT2D eigenvalue weighted by molar-refractivity contribution is -0.128. The van der Waals surface area contributed by atoms with Crippen molar-refractivity contribution in [1.29, 1.82) is 10.7 Å². The van der Waals surface area contributed by atoms with Crippen LogP contribution in [0.3, 0.4) is 0 Å². The summed E-state index contributed by atoms with van der Waals surface area (Å²) in [5, 5.41) is 17.1. The van der Waals surface area contributed by atoms with Crippen LogP contribution < -0.4 is 0 Å². The van der Waals surface area contributed by atoms with Gasteiger partial charge in [-0.2, -0.15) is 5.26 Å². The van der Waals surface area contributed by atoms with E-state index in [4.69, 9.17) is 22.3 Å². The van der Waals surface area contributed by atoms with Crippen molar-refractivity contribution < 1.29 is 4.79 Å². The van der Waals surface area contributed by atoms with Crippen LogP contribution in [-0.4, -0.2) is 23.7 Å². The third-order valence-electron chi connectivity index (χ3n) is 4.46. The van der Waals surface area contributed by atoms with Crippen LogP contribution in [0.1, 0.15) is 30.2 Å². The van der Waals surface area contributed by atoms with Crippen LogP contribution in [0.4, 0.5) is 0 Å². The van der Waals surface area contributed by atoms with E-state index in [9.17, 15) is 4.79 Å². The molecule has 0 unspecified atom stereocenters. The van der Waals surface area contributed by atoms with Gasteiger partial charge in [0.05, 0.1) is 11.6 Å². The molecule has 4 nitrogen and oxygen atoms in total. The number of nitrogens with one attached hydrogen (secondary N) is 1. The zero-order valence-electron chi connectivity index (χ0n) is 13.4. The molecule has 24 heavy (non-hydrogen) atoms. The molecule has 2 aromatic rings. The van der Waals surface area contributed by atoms with Crippen molar-refractivity contribution in [3.05, 3.63) is 45.1 Å². The summed E-state index contributed by atoms with van der Waals surface area (Å²) in [5.41, 5.74) is 1.92. The summed E-state index contributed by atoms with van der Waals surface area (Å²) >= 11 is 7.89. The van der Waals surface area contributed by atoms with Crippen molar-refractivity contribution >= 4 is 34.7 Å². The smallest absolute Gasteiger partial charge is 0.228 e. The van der Waals surface area contributed by atoms with Gasteiger partial charge in [0.2, 0.25) is 5.91 Å². The van der Waals surface area contributed by atoms with Crippen LogP contribution in [0.2, 0.25) is 4.34 Å². The summed E-state index contributed by atoms with van der Waals surface area (Å²) in [6, 6.07) is 11.4. The van der Waals surface area contributed by atoms with Gasteiger partial charge in [0, 0.05) is 35.7 Å². The van der Waals surface area contributed by atoms with Crippen LogP contribution in [0.5, 0.6) is 0 Å². The summed E-state index contributed by atoms with van der Waals surface area (Å²) in [5.74, 6) is 0.276. The summed E-state index contributed by atoms with van der Waals surface area (Å²) < 4.78 is 0.638. The molecule has 1 N–H and O–H groups in total. The second kappa shape index (κ2) is 6.04. The van der Waals surface area contributed by atoms with Crippen LogP contribution in [0.25, 0.3) is 11.1 Å². The van der Waals surface area contributed by atoms with Crippen LogP contribution >= 0.6 is 22.9 Å². The molecule has 1 aliphatic rings. The topological polar surface area (TPSA) is 68.0 Å². The number of carbonyl (C=O) groups is 1. The Balaban J connectivity index is 2.01. The van der Waals surface area contributed by atoms with Gasteiger partial charge in [0.25, 0.3) is 0 Å². The zero-order valence-corrected chi connectivity index (χ0v) is 15.0. The van der Waals surface area contributed by atoms with E-state index in [0.717, 1.165) is 16.0 Å². The van der Waals surface area contributed by atoms with Crippen molar-refractivity contribution in [2.24, 2.45) is 0 Å². The molecule has 1 amide bonds. The fourth-order valence-electron chi connectivity index (χ4n) is 2.95. The van der Waals surface area contributed by atoms with E-state index in [1.165, 1.54) is 16.2 Å². The maximum Gasteiger partial charge on any atom is 0.228 e. The Bertz CT molecular complexity index is 863. The van der Waals surface area contributed by atoms with Crippen LogP contribution in [0.15, 0.2) is 30.3 Å². The van der Waals surface area contributed by atoms with Gasteiger partial charge in [0.1, 0.15) is 10.2 Å². The number of nitriles is 1. The number of amidine groups is 1. The highest BCUT2D eigenvalue weighted by atomic mass is 35.5. The highest BCUT2D eigenvalue weighted by molar-refractivity contribution is 7.17. The van der Waals surface area contributed by atoms with Crippen molar-refractivity contribution in [3.63, 3.8) is 0 Å². The summed E-state index contributed by atoms with van der Waals surface area (Å²) in [4.78, 5) is 14.6. The Kier molecular flexibility index (Phi) is 4.20. The van der Waals surface area contributed by atoms with Gasteiger partial charge < -0.3 is 4.90 Å². The second-order valence-electron chi connectivity index (χ2n) is 6.30. The van der Waals surface area contributed by atoms with Gasteiger partial charge in [-0.05, 0) is 23.8 Å². The minimum atomic E-state index is -0.417. The molecule has 1 fully saturated rings. The average molecular weight is 358 g/mol. The lowest BCUT2D eigenvalue weighted by Crippen LogP contribution is -2.46. The highest BCUT2D eigenvalue weighted by Crippen LogP contribution is 2.45. The number of piperidine rings is 1. The third-order valence-corrected chi connectivity index (χ3v) is 6.13. The van der Waals surface area contributed by atoms with E-state index in [1.807, 2.05) is 31.2 Å². The number of thiophene rings is 1. The van der Waals surface area contributed by atoms with Gasteiger partial charge in [-0.1, -0.05) is 30.7 Å². The van der Waals surface area contributed by atoms with Crippen LogP contribution in [-0.2, 0) is 10.2 Å². The first-order valence-corrected chi connectivity index (χ1v) is 8.68. The number of halogens is 1. The lowest BCUT2D eigenvalue weighted by atomic mass is 9.78. The first-order chi connectivity index (χ1) is 11.3. The normalized spacial score (nSPS) is 21.0. The van der Waals surface area contributed by atoms with Gasteiger partial charge in [-0.25, -0.2) is 0 Å². The molecule has 122 valence electrons. The Hall–Kier alpha value is -2.16. The molecule has 0 saturated carbocycles. The number of amides is 1. The van der Waals surface area contributed by atoms with Crippen molar-refractivity contribution in [1.82, 2.24) is 4.90 Å². The largest absolute Gasteiger partial charge is 0.304 e. The minimum absolute atomic E-state index is 0.0497. The van der Waals surface area contributed by atoms with Crippen molar-refractivity contribution in [2.45, 2.75) is 25.2 Å². The molecule has 1 aliphatic heterocycles. The molecule has 2 heterocycles. The molecule has 1 aromatic carbocycles. The fraction of sp³-hybridized carbons (Fsp3) is 0.278. The van der Waals surface area contributed by atoms with E-state index < -0.39 is 5.41 Å². The number of hydrogen-bond donors (Lipinski definition) is 1. The highest BCUT2D eigenvalue weighted by Gasteiger charge is 2.39. The second-order valence-corrected chi connectivity index (χ2v) is 7.96. The molecule has 3 rings (SSSR count). The minimum Gasteiger partial charge on any atom is -0.304 e. The third kappa shape index (κ3) is 2.83. The number of rotatable bonds is 2. The quantitative estimate of drug-likeness (QED) is 0.863. The average Bonchev–Trinajstić information content (AvgIpc) is 2.95. The zero-order chi connectivity index (χ0) is 17.5. The van der Waals surface area contributed by atoms with Gasteiger partial charge in [-0.3, -0.25) is 10.2 Å². The molecular weight excluding hydrogens is 342 g/mol. The van der Waals surface area contributed by atoms with Gasteiger partial charge in [-0.15, -0.1) is 11.3 Å². The summed E-state index contributed by atoms with van der Waals surface area (Å²) in [7, 11) is 1.64. The van der Waals surface area contributed by atoms with Gasteiger partial charge in [0.15, 0.2) is 0 Å². The molecule has 1 saturated heterocycles.